The molecule has 0 heterocycles. The van der Waals surface area contributed by atoms with E-state index >= 15 is 0 Å². The van der Waals surface area contributed by atoms with Crippen LogP contribution in [0.3, 0.4) is 0 Å². The van der Waals surface area contributed by atoms with Gasteiger partial charge in [-0.1, -0.05) is 66.5 Å². The first-order chi connectivity index (χ1) is 12.9. The molecule has 2 aromatic carbocycles. The summed E-state index contributed by atoms with van der Waals surface area (Å²) in [6, 6.07) is 13.7. The molecule has 0 aromatic heterocycles. The van der Waals surface area contributed by atoms with Gasteiger partial charge in [0.2, 0.25) is 0 Å². The Morgan fingerprint density at radius 2 is 1.70 bits per heavy atom. The van der Waals surface area contributed by atoms with Crippen LogP contribution in [0.25, 0.3) is 0 Å². The maximum Gasteiger partial charge on any atom is 0.329 e. The van der Waals surface area contributed by atoms with Gasteiger partial charge in [-0.3, -0.25) is 4.79 Å². The fourth-order valence-electron chi connectivity index (χ4n) is 2.61. The maximum absolute atomic E-state index is 12.0. The van der Waals surface area contributed by atoms with Crippen molar-refractivity contribution in [2.75, 3.05) is 19.8 Å². The summed E-state index contributed by atoms with van der Waals surface area (Å²) in [5.41, 5.74) is 1.30. The highest BCUT2D eigenvalue weighted by molar-refractivity contribution is 6.45. The van der Waals surface area contributed by atoms with Crippen molar-refractivity contribution in [3.05, 3.63) is 63.6 Å². The van der Waals surface area contributed by atoms with E-state index in [1.54, 1.807) is 6.07 Å². The third-order valence-corrected chi connectivity index (χ3v) is 4.70. The SMILES string of the molecule is CC1Cc2cc(OCCOCC(=O)O)c(Cl)c(Cl)c2C1=O.c1ccccc1. The molecule has 0 spiro atoms. The van der Waals surface area contributed by atoms with Gasteiger partial charge in [0, 0.05) is 11.5 Å². The zero-order chi connectivity index (χ0) is 19.8. The van der Waals surface area contributed by atoms with Crippen LogP contribution in [-0.2, 0) is 16.0 Å². The molecular weight excluding hydrogens is 391 g/mol. The molecule has 0 saturated heterocycles. The number of ketones is 1. The highest BCUT2D eigenvalue weighted by Gasteiger charge is 2.31. The summed E-state index contributed by atoms with van der Waals surface area (Å²) >= 11 is 12.3. The van der Waals surface area contributed by atoms with Crippen molar-refractivity contribution in [3.8, 4) is 5.75 Å². The summed E-state index contributed by atoms with van der Waals surface area (Å²) in [7, 11) is 0. The van der Waals surface area contributed by atoms with Gasteiger partial charge >= 0.3 is 5.97 Å². The lowest BCUT2D eigenvalue weighted by atomic mass is 10.1. The van der Waals surface area contributed by atoms with Crippen molar-refractivity contribution in [2.45, 2.75) is 13.3 Å². The van der Waals surface area contributed by atoms with E-state index in [0.29, 0.717) is 17.7 Å². The van der Waals surface area contributed by atoms with Crippen LogP contribution >= 0.6 is 23.2 Å². The Kier molecular flexibility index (Phi) is 8.10. The second-order valence-corrected chi connectivity index (χ2v) is 6.71. The Labute approximate surface area is 167 Å². The second-order valence-electron chi connectivity index (χ2n) is 5.96. The van der Waals surface area contributed by atoms with Gasteiger partial charge in [0.15, 0.2) is 5.78 Å². The number of hydrogen-bond acceptors (Lipinski definition) is 4. The minimum Gasteiger partial charge on any atom is -0.490 e. The number of hydrogen-bond donors (Lipinski definition) is 1. The van der Waals surface area contributed by atoms with E-state index in [4.69, 9.17) is 37.8 Å². The molecule has 0 radical (unpaired) electrons. The topological polar surface area (TPSA) is 72.8 Å². The highest BCUT2D eigenvalue weighted by atomic mass is 35.5. The number of halogens is 2. The zero-order valence-electron chi connectivity index (χ0n) is 14.8. The molecule has 3 rings (SSSR count). The molecular formula is C20H20Cl2O5. The van der Waals surface area contributed by atoms with Gasteiger partial charge in [-0.2, -0.15) is 0 Å². The van der Waals surface area contributed by atoms with Gasteiger partial charge in [-0.25, -0.2) is 4.79 Å². The van der Waals surface area contributed by atoms with Crippen LogP contribution in [0.15, 0.2) is 42.5 Å². The first kappa shape index (κ1) is 21.2. The van der Waals surface area contributed by atoms with Gasteiger partial charge in [-0.05, 0) is 18.1 Å². The van der Waals surface area contributed by atoms with E-state index in [1.165, 1.54) is 0 Å². The average Bonchev–Trinajstić information content (AvgIpc) is 2.94. The van der Waals surface area contributed by atoms with Crippen molar-refractivity contribution in [1.82, 2.24) is 0 Å². The van der Waals surface area contributed by atoms with Crippen LogP contribution < -0.4 is 4.74 Å². The molecule has 7 heteroatoms. The van der Waals surface area contributed by atoms with Gasteiger partial charge in [0.1, 0.15) is 24.0 Å². The molecule has 1 unspecified atom stereocenters. The third kappa shape index (κ3) is 5.96. The van der Waals surface area contributed by atoms with Crippen molar-refractivity contribution >= 4 is 35.0 Å². The number of Topliss-reactive ketones (excluding diaryl/α,β-unsaturated/α-hetero) is 1. The average molecular weight is 411 g/mol. The number of ether oxygens (including phenoxy) is 2. The molecule has 0 fully saturated rings. The van der Waals surface area contributed by atoms with E-state index in [1.807, 2.05) is 43.3 Å². The lowest BCUT2D eigenvalue weighted by Crippen LogP contribution is -2.13. The number of rotatable bonds is 6. The van der Waals surface area contributed by atoms with Crippen LogP contribution in [0.5, 0.6) is 5.75 Å². The number of carbonyl (C=O) groups is 2. The van der Waals surface area contributed by atoms with E-state index in [0.717, 1.165) is 5.56 Å². The minimum absolute atomic E-state index is 0.00626. The van der Waals surface area contributed by atoms with Crippen LogP contribution in [0, 0.1) is 5.92 Å². The van der Waals surface area contributed by atoms with Crippen molar-refractivity contribution in [2.24, 2.45) is 5.92 Å². The Bertz CT molecular complexity index is 766. The third-order valence-electron chi connectivity index (χ3n) is 3.85. The Morgan fingerprint density at radius 1 is 1.11 bits per heavy atom. The largest absolute Gasteiger partial charge is 0.490 e. The Balaban J connectivity index is 0.000000369. The van der Waals surface area contributed by atoms with Crippen LogP contribution in [-0.4, -0.2) is 36.7 Å². The fourth-order valence-corrected chi connectivity index (χ4v) is 3.12. The fraction of sp³-hybridized carbons (Fsp3) is 0.300. The standard InChI is InChI=1S/C14H14Cl2O5.C6H6/c1-7-4-8-5-9(21-3-2-20-6-10(17)18)12(15)13(16)11(8)14(7)19;1-2-4-6-5-3-1/h5,7H,2-4,6H2,1H3,(H,17,18);1-6H. The normalized spacial score (nSPS) is 14.9. The smallest absolute Gasteiger partial charge is 0.329 e. The Morgan fingerprint density at radius 3 is 2.26 bits per heavy atom. The highest BCUT2D eigenvalue weighted by Crippen LogP contribution is 2.42. The molecule has 0 saturated carbocycles. The van der Waals surface area contributed by atoms with E-state index in [9.17, 15) is 9.59 Å². The molecule has 27 heavy (non-hydrogen) atoms. The molecule has 1 aliphatic carbocycles. The quantitative estimate of drug-likeness (QED) is 0.707. The van der Waals surface area contributed by atoms with E-state index < -0.39 is 5.97 Å². The van der Waals surface area contributed by atoms with E-state index in [-0.39, 0.29) is 41.6 Å². The molecule has 0 amide bonds. The second kappa shape index (κ2) is 10.3. The maximum atomic E-state index is 12.0. The zero-order valence-corrected chi connectivity index (χ0v) is 16.3. The molecule has 144 valence electrons. The van der Waals surface area contributed by atoms with Gasteiger partial charge in [0.05, 0.1) is 11.6 Å². The molecule has 0 aliphatic heterocycles. The number of benzene rings is 2. The van der Waals surface area contributed by atoms with Gasteiger partial charge in [-0.15, -0.1) is 0 Å². The molecule has 1 N–H and O–H groups in total. The molecule has 2 aromatic rings. The predicted molar refractivity (Wildman–Crippen MR) is 104 cm³/mol. The number of carboxylic acid groups (broad SMARTS) is 1. The summed E-state index contributed by atoms with van der Waals surface area (Å²) in [4.78, 5) is 22.3. The number of aliphatic carboxylic acids is 1. The van der Waals surface area contributed by atoms with Crippen molar-refractivity contribution < 1.29 is 24.2 Å². The first-order valence-corrected chi connectivity index (χ1v) is 9.14. The predicted octanol–water partition coefficient (Wildman–Crippen LogP) is 4.53. The summed E-state index contributed by atoms with van der Waals surface area (Å²) in [6.07, 6.45) is 0.608. The van der Waals surface area contributed by atoms with Crippen molar-refractivity contribution in [1.29, 1.82) is 0 Å². The number of carbonyl (C=O) groups excluding carboxylic acids is 1. The number of carboxylic acids is 1. The summed E-state index contributed by atoms with van der Waals surface area (Å²) in [6.45, 7) is 1.72. The lowest BCUT2D eigenvalue weighted by molar-refractivity contribution is -0.142. The molecule has 0 bridgehead atoms. The number of fused-ring (bicyclic) bond motifs is 1. The summed E-state index contributed by atoms with van der Waals surface area (Å²) in [5.74, 6) is -0.779. The van der Waals surface area contributed by atoms with Crippen molar-refractivity contribution in [3.63, 3.8) is 0 Å². The van der Waals surface area contributed by atoms with Crippen LogP contribution in [0.4, 0.5) is 0 Å². The first-order valence-electron chi connectivity index (χ1n) is 8.39. The van der Waals surface area contributed by atoms with Crippen LogP contribution in [0.1, 0.15) is 22.8 Å². The summed E-state index contributed by atoms with van der Waals surface area (Å²) in [5, 5.41) is 8.83. The Hall–Kier alpha value is -2.08. The van der Waals surface area contributed by atoms with Crippen LogP contribution in [0.2, 0.25) is 10.0 Å². The van der Waals surface area contributed by atoms with Gasteiger partial charge < -0.3 is 14.6 Å². The summed E-state index contributed by atoms with van der Waals surface area (Å²) < 4.78 is 10.3. The molecule has 1 atom stereocenters. The molecule has 1 aliphatic rings. The van der Waals surface area contributed by atoms with E-state index in [2.05, 4.69) is 0 Å². The molecule has 5 nitrogen and oxygen atoms in total. The monoisotopic (exact) mass is 410 g/mol. The minimum atomic E-state index is -1.04. The van der Waals surface area contributed by atoms with Gasteiger partial charge in [0.25, 0.3) is 0 Å². The lowest BCUT2D eigenvalue weighted by Gasteiger charge is -2.12.